The highest BCUT2D eigenvalue weighted by atomic mass is 16.2. The van der Waals surface area contributed by atoms with Crippen LogP contribution < -0.4 is 14.7 Å². The van der Waals surface area contributed by atoms with Gasteiger partial charge in [0, 0.05) is 24.6 Å². The highest BCUT2D eigenvalue weighted by molar-refractivity contribution is 5.97. The second-order valence-electron chi connectivity index (χ2n) is 6.78. The Morgan fingerprint density at radius 1 is 1.08 bits per heavy atom. The summed E-state index contributed by atoms with van der Waals surface area (Å²) in [6.07, 6.45) is 4.51. The van der Waals surface area contributed by atoms with Gasteiger partial charge in [0.05, 0.1) is 26.2 Å². The molecular weight excluding hydrogens is 314 g/mol. The minimum Gasteiger partial charge on any atom is -0.330 e. The first-order valence-corrected chi connectivity index (χ1v) is 9.00. The second kappa shape index (κ2) is 6.80. The number of nitrogens with one attached hydrogen (secondary N) is 1. The lowest BCUT2D eigenvalue weighted by atomic mass is 10.1. The highest BCUT2D eigenvalue weighted by Crippen LogP contribution is 2.27. The molecule has 0 unspecified atom stereocenters. The van der Waals surface area contributed by atoms with E-state index in [0.29, 0.717) is 0 Å². The van der Waals surface area contributed by atoms with Crippen LogP contribution in [0.25, 0.3) is 0 Å². The standard InChI is InChI=1S/C19H23N5O/c1-15(18(25)24-10-7-16-5-2-3-6-17(16)24)22-11-13-23(14-12-22)19-20-8-4-9-21-19/h2-6,8-9,15H,7,10-14H2,1H3/p+1/t15-/m0/s1. The van der Waals surface area contributed by atoms with Crippen LogP contribution in [0.3, 0.4) is 0 Å². The maximum atomic E-state index is 13.0. The Morgan fingerprint density at radius 2 is 1.80 bits per heavy atom. The fraction of sp³-hybridized carbons (Fsp3) is 0.421. The monoisotopic (exact) mass is 338 g/mol. The number of quaternary nitrogens is 1. The number of rotatable bonds is 3. The van der Waals surface area contributed by atoms with Crippen LogP contribution in [0.4, 0.5) is 11.6 Å². The number of carbonyl (C=O) groups is 1. The first kappa shape index (κ1) is 16.0. The number of carbonyl (C=O) groups excluding carboxylic acids is 1. The van der Waals surface area contributed by atoms with Crippen LogP contribution in [-0.2, 0) is 11.2 Å². The molecule has 0 saturated carbocycles. The van der Waals surface area contributed by atoms with Gasteiger partial charge in [-0.3, -0.25) is 4.79 Å². The number of hydrogen-bond donors (Lipinski definition) is 1. The largest absolute Gasteiger partial charge is 0.330 e. The summed E-state index contributed by atoms with van der Waals surface area (Å²) in [5, 5.41) is 0. The molecule has 1 aromatic heterocycles. The lowest BCUT2D eigenvalue weighted by molar-refractivity contribution is -0.914. The Bertz CT molecular complexity index is 742. The van der Waals surface area contributed by atoms with Crippen molar-refractivity contribution in [2.45, 2.75) is 19.4 Å². The van der Waals surface area contributed by atoms with Gasteiger partial charge in [0.15, 0.2) is 6.04 Å². The van der Waals surface area contributed by atoms with E-state index in [1.54, 1.807) is 12.4 Å². The normalized spacial score (nSPS) is 18.9. The van der Waals surface area contributed by atoms with Crippen molar-refractivity contribution in [3.63, 3.8) is 0 Å². The van der Waals surface area contributed by atoms with Gasteiger partial charge >= 0.3 is 0 Å². The molecule has 3 heterocycles. The van der Waals surface area contributed by atoms with Crippen LogP contribution in [0.1, 0.15) is 12.5 Å². The maximum absolute atomic E-state index is 13.0. The summed E-state index contributed by atoms with van der Waals surface area (Å²) in [5.41, 5.74) is 2.37. The number of anilines is 2. The summed E-state index contributed by atoms with van der Waals surface area (Å²) >= 11 is 0. The Hall–Kier alpha value is -2.47. The van der Waals surface area contributed by atoms with Crippen LogP contribution in [-0.4, -0.2) is 54.6 Å². The summed E-state index contributed by atoms with van der Waals surface area (Å²) in [4.78, 5) is 27.2. The second-order valence-corrected chi connectivity index (χ2v) is 6.78. The molecule has 1 N–H and O–H groups in total. The minimum atomic E-state index is -0.0232. The summed E-state index contributed by atoms with van der Waals surface area (Å²) in [5.74, 6) is 1.03. The molecule has 1 fully saturated rings. The fourth-order valence-corrected chi connectivity index (χ4v) is 3.86. The first-order chi connectivity index (χ1) is 12.2. The van der Waals surface area contributed by atoms with E-state index in [-0.39, 0.29) is 11.9 Å². The molecule has 1 aromatic carbocycles. The summed E-state index contributed by atoms with van der Waals surface area (Å²) in [7, 11) is 0. The number of para-hydroxylation sites is 1. The predicted molar refractivity (Wildman–Crippen MR) is 96.9 cm³/mol. The molecule has 1 saturated heterocycles. The van der Waals surface area contributed by atoms with E-state index in [9.17, 15) is 4.79 Å². The van der Waals surface area contributed by atoms with E-state index in [4.69, 9.17) is 0 Å². The molecule has 4 rings (SSSR count). The van der Waals surface area contributed by atoms with E-state index >= 15 is 0 Å². The number of piperazine rings is 1. The van der Waals surface area contributed by atoms with E-state index in [1.165, 1.54) is 10.5 Å². The minimum absolute atomic E-state index is 0.0232. The molecule has 1 atom stereocenters. The molecule has 130 valence electrons. The molecule has 2 aromatic rings. The quantitative estimate of drug-likeness (QED) is 0.866. The number of benzene rings is 1. The molecule has 2 aliphatic rings. The zero-order chi connectivity index (χ0) is 17.2. The van der Waals surface area contributed by atoms with Crippen molar-refractivity contribution < 1.29 is 9.69 Å². The van der Waals surface area contributed by atoms with Crippen molar-refractivity contribution in [1.29, 1.82) is 0 Å². The number of amides is 1. The fourth-order valence-electron chi connectivity index (χ4n) is 3.86. The van der Waals surface area contributed by atoms with Gasteiger partial charge in [-0.2, -0.15) is 0 Å². The molecule has 0 aliphatic carbocycles. The SMILES string of the molecule is C[C@@H](C(=O)N1CCc2ccccc21)[NH+]1CCN(c2ncccn2)CC1. The predicted octanol–water partition coefficient (Wildman–Crippen LogP) is 0.159. The zero-order valence-electron chi connectivity index (χ0n) is 14.6. The van der Waals surface area contributed by atoms with Crippen molar-refractivity contribution in [2.24, 2.45) is 0 Å². The average Bonchev–Trinajstić information content (AvgIpc) is 3.12. The zero-order valence-corrected chi connectivity index (χ0v) is 14.6. The average molecular weight is 338 g/mol. The third kappa shape index (κ3) is 3.09. The van der Waals surface area contributed by atoms with E-state index in [1.807, 2.05) is 23.1 Å². The maximum Gasteiger partial charge on any atom is 0.284 e. The molecule has 6 heteroatoms. The molecule has 0 radical (unpaired) electrons. The summed E-state index contributed by atoms with van der Waals surface area (Å²) in [6, 6.07) is 10.1. The van der Waals surface area contributed by atoms with Crippen LogP contribution in [0.15, 0.2) is 42.7 Å². The molecule has 0 spiro atoms. The first-order valence-electron chi connectivity index (χ1n) is 9.00. The van der Waals surface area contributed by atoms with E-state index in [0.717, 1.165) is 50.8 Å². The van der Waals surface area contributed by atoms with Gasteiger partial charge in [-0.15, -0.1) is 0 Å². The van der Waals surface area contributed by atoms with Gasteiger partial charge in [0.25, 0.3) is 5.91 Å². The lowest BCUT2D eigenvalue weighted by Gasteiger charge is -2.35. The van der Waals surface area contributed by atoms with Crippen LogP contribution in [0, 0.1) is 0 Å². The van der Waals surface area contributed by atoms with Crippen molar-refractivity contribution in [1.82, 2.24) is 9.97 Å². The number of fused-ring (bicyclic) bond motifs is 1. The number of aromatic nitrogens is 2. The number of hydrogen-bond acceptors (Lipinski definition) is 4. The van der Waals surface area contributed by atoms with Gasteiger partial charge in [0.2, 0.25) is 5.95 Å². The van der Waals surface area contributed by atoms with Crippen molar-refractivity contribution in [3.05, 3.63) is 48.3 Å². The lowest BCUT2D eigenvalue weighted by Crippen LogP contribution is -3.19. The smallest absolute Gasteiger partial charge is 0.284 e. The molecule has 0 bridgehead atoms. The van der Waals surface area contributed by atoms with Gasteiger partial charge in [-0.25, -0.2) is 9.97 Å². The Kier molecular flexibility index (Phi) is 4.36. The third-order valence-electron chi connectivity index (χ3n) is 5.38. The Morgan fingerprint density at radius 3 is 2.56 bits per heavy atom. The van der Waals surface area contributed by atoms with Crippen LogP contribution >= 0.6 is 0 Å². The summed E-state index contributed by atoms with van der Waals surface area (Å²) in [6.45, 7) is 6.50. The Labute approximate surface area is 148 Å². The Balaban J connectivity index is 1.39. The third-order valence-corrected chi connectivity index (χ3v) is 5.38. The van der Waals surface area contributed by atoms with Crippen molar-refractivity contribution >= 4 is 17.5 Å². The van der Waals surface area contributed by atoms with Gasteiger partial charge < -0.3 is 14.7 Å². The van der Waals surface area contributed by atoms with Crippen LogP contribution in [0.5, 0.6) is 0 Å². The summed E-state index contributed by atoms with van der Waals surface area (Å²) < 4.78 is 0. The van der Waals surface area contributed by atoms with Crippen molar-refractivity contribution in [2.75, 3.05) is 42.5 Å². The topological polar surface area (TPSA) is 53.8 Å². The molecular formula is C19H24N5O+. The molecule has 1 amide bonds. The molecule has 25 heavy (non-hydrogen) atoms. The van der Waals surface area contributed by atoms with E-state index in [2.05, 4.69) is 33.9 Å². The van der Waals surface area contributed by atoms with Gasteiger partial charge in [-0.05, 0) is 31.0 Å². The van der Waals surface area contributed by atoms with E-state index < -0.39 is 0 Å². The van der Waals surface area contributed by atoms with Gasteiger partial charge in [-0.1, -0.05) is 18.2 Å². The van der Waals surface area contributed by atoms with Crippen LogP contribution in [0.2, 0.25) is 0 Å². The van der Waals surface area contributed by atoms with Crippen molar-refractivity contribution in [3.8, 4) is 0 Å². The number of nitrogens with zero attached hydrogens (tertiary/aromatic N) is 4. The molecule has 6 nitrogen and oxygen atoms in total. The molecule has 2 aliphatic heterocycles. The highest BCUT2D eigenvalue weighted by Gasteiger charge is 2.35. The van der Waals surface area contributed by atoms with Gasteiger partial charge in [0.1, 0.15) is 0 Å².